The zero-order valence-corrected chi connectivity index (χ0v) is 12.0. The molecule has 0 saturated carbocycles. The first-order valence-electron chi connectivity index (χ1n) is 4.76. The zero-order valence-electron chi connectivity index (χ0n) is 8.85. The van der Waals surface area contributed by atoms with Crippen molar-refractivity contribution in [1.82, 2.24) is 9.55 Å². The van der Waals surface area contributed by atoms with Crippen LogP contribution in [0.4, 0.5) is 4.39 Å². The number of hydrogen-bond donors (Lipinski definition) is 0. The Bertz CT molecular complexity index is 687. The molecule has 1 aromatic carbocycles. The van der Waals surface area contributed by atoms with Crippen LogP contribution in [0.15, 0.2) is 40.2 Å². The van der Waals surface area contributed by atoms with Crippen molar-refractivity contribution < 1.29 is 12.8 Å². The van der Waals surface area contributed by atoms with E-state index in [1.165, 1.54) is 18.6 Å². The average molecular weight is 354 g/mol. The summed E-state index contributed by atoms with van der Waals surface area (Å²) in [6, 6.07) is 4.55. The second kappa shape index (κ2) is 4.99. The Morgan fingerprint density at radius 1 is 1.44 bits per heavy atom. The highest BCUT2D eigenvalue weighted by Gasteiger charge is 2.13. The van der Waals surface area contributed by atoms with Gasteiger partial charge in [-0.1, -0.05) is 6.07 Å². The number of benzene rings is 1. The molecule has 0 aliphatic rings. The number of rotatable bonds is 3. The van der Waals surface area contributed by atoms with Gasteiger partial charge < -0.3 is 4.57 Å². The second-order valence-electron chi connectivity index (χ2n) is 3.57. The Balaban J connectivity index is 2.24. The molecule has 1 aromatic heterocycles. The molecule has 0 radical (unpaired) electrons. The fourth-order valence-corrected chi connectivity index (χ4v) is 2.50. The van der Waals surface area contributed by atoms with E-state index in [9.17, 15) is 12.8 Å². The minimum Gasteiger partial charge on any atom is -0.332 e. The first kappa shape index (κ1) is 13.5. The van der Waals surface area contributed by atoms with Crippen molar-refractivity contribution in [2.45, 2.75) is 11.6 Å². The predicted octanol–water partition coefficient (Wildman–Crippen LogP) is 2.76. The van der Waals surface area contributed by atoms with Crippen molar-refractivity contribution in [3.8, 4) is 0 Å². The lowest BCUT2D eigenvalue weighted by molar-refractivity contribution is 0.606. The van der Waals surface area contributed by atoms with Crippen molar-refractivity contribution in [3.63, 3.8) is 0 Å². The van der Waals surface area contributed by atoms with Gasteiger partial charge in [0.15, 0.2) is 5.03 Å². The van der Waals surface area contributed by atoms with Crippen LogP contribution in [0.25, 0.3) is 0 Å². The Morgan fingerprint density at radius 3 is 2.72 bits per heavy atom. The van der Waals surface area contributed by atoms with Crippen LogP contribution in [-0.2, 0) is 15.6 Å². The summed E-state index contributed by atoms with van der Waals surface area (Å²) in [6.45, 7) is 0.373. The fourth-order valence-electron chi connectivity index (χ4n) is 1.40. The van der Waals surface area contributed by atoms with Gasteiger partial charge in [-0.05, 0) is 33.6 Å². The van der Waals surface area contributed by atoms with E-state index in [-0.39, 0.29) is 10.8 Å². The molecule has 96 valence electrons. The van der Waals surface area contributed by atoms with Gasteiger partial charge in [0, 0.05) is 23.4 Å². The lowest BCUT2D eigenvalue weighted by atomic mass is 10.2. The topological polar surface area (TPSA) is 52.0 Å². The highest BCUT2D eigenvalue weighted by Crippen LogP contribution is 2.18. The molecule has 2 rings (SSSR count). The molecule has 18 heavy (non-hydrogen) atoms. The summed E-state index contributed by atoms with van der Waals surface area (Å²) < 4.78 is 37.0. The lowest BCUT2D eigenvalue weighted by Gasteiger charge is -2.03. The second-order valence-corrected chi connectivity index (χ2v) is 6.94. The molecular formula is C10H7BrClFN2O2S. The van der Waals surface area contributed by atoms with Gasteiger partial charge in [-0.2, -0.15) is 0 Å². The van der Waals surface area contributed by atoms with E-state index in [2.05, 4.69) is 20.9 Å². The molecule has 1 heterocycles. The van der Waals surface area contributed by atoms with Gasteiger partial charge in [-0.25, -0.2) is 17.8 Å². The third kappa shape index (κ3) is 3.09. The van der Waals surface area contributed by atoms with Crippen molar-refractivity contribution >= 4 is 35.7 Å². The summed E-state index contributed by atoms with van der Waals surface area (Å²) in [5, 5.41) is -0.203. The van der Waals surface area contributed by atoms with Gasteiger partial charge in [0.25, 0.3) is 9.05 Å². The minimum absolute atomic E-state index is 0.203. The molecule has 0 saturated heterocycles. The lowest BCUT2D eigenvalue weighted by Crippen LogP contribution is -1.97. The molecule has 0 aliphatic carbocycles. The largest absolute Gasteiger partial charge is 0.332 e. The van der Waals surface area contributed by atoms with Gasteiger partial charge in [-0.3, -0.25) is 0 Å². The van der Waals surface area contributed by atoms with E-state index in [1.54, 1.807) is 16.7 Å². The van der Waals surface area contributed by atoms with E-state index in [0.717, 1.165) is 5.56 Å². The fraction of sp³-hybridized carbons (Fsp3) is 0.100. The number of nitrogens with zero attached hydrogens (tertiary/aromatic N) is 2. The smallest absolute Gasteiger partial charge is 0.280 e. The highest BCUT2D eigenvalue weighted by molar-refractivity contribution is 9.10. The predicted molar refractivity (Wildman–Crippen MR) is 68.5 cm³/mol. The summed E-state index contributed by atoms with van der Waals surface area (Å²) in [7, 11) is 1.34. The minimum atomic E-state index is -3.82. The average Bonchev–Trinajstić information content (AvgIpc) is 2.72. The van der Waals surface area contributed by atoms with Gasteiger partial charge in [0.2, 0.25) is 0 Å². The molecule has 0 spiro atoms. The van der Waals surface area contributed by atoms with Crippen molar-refractivity contribution in [2.75, 3.05) is 0 Å². The van der Waals surface area contributed by atoms with E-state index in [1.807, 2.05) is 0 Å². The first-order valence-corrected chi connectivity index (χ1v) is 7.87. The van der Waals surface area contributed by atoms with E-state index in [0.29, 0.717) is 11.0 Å². The normalized spacial score (nSPS) is 11.7. The summed E-state index contributed by atoms with van der Waals surface area (Å²) in [5.74, 6) is -0.353. The van der Waals surface area contributed by atoms with Crippen LogP contribution in [0, 0.1) is 5.82 Å². The molecule has 8 heteroatoms. The standard InChI is InChI=1S/C10H7BrClFN2O2S/c11-8-3-7(1-2-9(8)13)4-15-5-10(14-6-15)18(12,16)17/h1-3,5-6H,4H2. The maximum Gasteiger partial charge on any atom is 0.280 e. The van der Waals surface area contributed by atoms with E-state index >= 15 is 0 Å². The molecule has 0 unspecified atom stereocenters. The van der Waals surface area contributed by atoms with Crippen LogP contribution in [0.3, 0.4) is 0 Å². The molecule has 0 N–H and O–H groups in total. The van der Waals surface area contributed by atoms with Crippen LogP contribution in [0.2, 0.25) is 0 Å². The number of hydrogen-bond acceptors (Lipinski definition) is 3. The third-order valence-electron chi connectivity index (χ3n) is 2.21. The van der Waals surface area contributed by atoms with Crippen molar-refractivity contribution in [3.05, 3.63) is 46.6 Å². The summed E-state index contributed by atoms with van der Waals surface area (Å²) in [6.07, 6.45) is 2.67. The Hall–Kier alpha value is -0.920. The number of imidazole rings is 1. The Morgan fingerprint density at radius 2 is 2.17 bits per heavy atom. The molecule has 0 bridgehead atoms. The van der Waals surface area contributed by atoms with E-state index < -0.39 is 9.05 Å². The Kier molecular flexibility index (Phi) is 3.74. The molecule has 0 amide bonds. The molecule has 2 aromatic rings. The van der Waals surface area contributed by atoms with Crippen LogP contribution in [0.1, 0.15) is 5.56 Å². The van der Waals surface area contributed by atoms with Gasteiger partial charge >= 0.3 is 0 Å². The highest BCUT2D eigenvalue weighted by atomic mass is 79.9. The zero-order chi connectivity index (χ0) is 13.3. The Labute approximate surface area is 116 Å². The van der Waals surface area contributed by atoms with Gasteiger partial charge in [0.05, 0.1) is 10.8 Å². The summed E-state index contributed by atoms with van der Waals surface area (Å²) in [5.41, 5.74) is 0.805. The molecule has 4 nitrogen and oxygen atoms in total. The van der Waals surface area contributed by atoms with E-state index in [4.69, 9.17) is 10.7 Å². The maximum absolute atomic E-state index is 13.0. The molecule has 0 atom stereocenters. The molecular weight excluding hydrogens is 347 g/mol. The maximum atomic E-state index is 13.0. The number of aromatic nitrogens is 2. The summed E-state index contributed by atoms with van der Waals surface area (Å²) >= 11 is 3.08. The van der Waals surface area contributed by atoms with Gasteiger partial charge in [-0.15, -0.1) is 0 Å². The summed E-state index contributed by atoms with van der Waals surface area (Å²) in [4.78, 5) is 3.68. The quantitative estimate of drug-likeness (QED) is 0.797. The molecule has 0 aliphatic heterocycles. The molecule has 0 fully saturated rings. The van der Waals surface area contributed by atoms with Crippen LogP contribution >= 0.6 is 26.6 Å². The van der Waals surface area contributed by atoms with Crippen LogP contribution in [0.5, 0.6) is 0 Å². The SMILES string of the molecule is O=S(=O)(Cl)c1cn(Cc2ccc(F)c(Br)c2)cn1. The van der Waals surface area contributed by atoms with Gasteiger partial charge in [0.1, 0.15) is 5.82 Å². The number of halogens is 3. The third-order valence-corrected chi connectivity index (χ3v) is 4.00. The first-order chi connectivity index (χ1) is 8.36. The monoisotopic (exact) mass is 352 g/mol. The van der Waals surface area contributed by atoms with Crippen LogP contribution < -0.4 is 0 Å². The van der Waals surface area contributed by atoms with Crippen molar-refractivity contribution in [1.29, 1.82) is 0 Å². The van der Waals surface area contributed by atoms with Crippen molar-refractivity contribution in [2.24, 2.45) is 0 Å². The van der Waals surface area contributed by atoms with Crippen LogP contribution in [-0.4, -0.2) is 18.0 Å².